The van der Waals surface area contributed by atoms with Gasteiger partial charge in [0.05, 0.1) is 12.8 Å². The third-order valence-electron chi connectivity index (χ3n) is 4.35. The lowest BCUT2D eigenvalue weighted by atomic mass is 9.99. The second-order valence-corrected chi connectivity index (χ2v) is 5.85. The molecule has 4 heterocycles. The topological polar surface area (TPSA) is 66.9 Å². The van der Waals surface area contributed by atoms with E-state index in [1.54, 1.807) is 13.3 Å². The monoisotopic (exact) mass is 321 g/mol. The van der Waals surface area contributed by atoms with Crippen LogP contribution in [-0.4, -0.2) is 45.0 Å². The fourth-order valence-electron chi connectivity index (χ4n) is 3.11. The second kappa shape index (κ2) is 6.41. The number of hydrogen-bond donors (Lipinski definition) is 1. The fourth-order valence-corrected chi connectivity index (χ4v) is 3.11. The summed E-state index contributed by atoms with van der Waals surface area (Å²) < 4.78 is 5.09. The maximum absolute atomic E-state index is 5.09. The van der Waals surface area contributed by atoms with Crippen LogP contribution in [-0.2, 0) is 6.54 Å². The summed E-state index contributed by atoms with van der Waals surface area (Å²) in [6.07, 6.45) is 8.94. The molecule has 0 aromatic carbocycles. The van der Waals surface area contributed by atoms with Gasteiger partial charge < -0.3 is 9.72 Å². The molecule has 1 aliphatic heterocycles. The minimum atomic E-state index is 0.423. The number of H-pyrrole nitrogens is 1. The van der Waals surface area contributed by atoms with Crippen molar-refractivity contribution in [2.24, 2.45) is 0 Å². The van der Waals surface area contributed by atoms with Crippen molar-refractivity contribution >= 4 is 16.6 Å². The standard InChI is InChI=1S/C18H19N5O/c1-24-18-20-8-4-14(22-18)12-23-9-5-13(6-10-23)16-11-21-17-15(16)3-2-7-19-17/h2-5,7-8,11H,6,9-10,12H2,1H3,(H,19,21). The van der Waals surface area contributed by atoms with Gasteiger partial charge in [-0.25, -0.2) is 9.97 Å². The summed E-state index contributed by atoms with van der Waals surface area (Å²) in [5.41, 5.74) is 4.58. The molecule has 3 aromatic rings. The van der Waals surface area contributed by atoms with Crippen LogP contribution in [0.3, 0.4) is 0 Å². The molecular weight excluding hydrogens is 302 g/mol. The van der Waals surface area contributed by atoms with E-state index in [-0.39, 0.29) is 0 Å². The van der Waals surface area contributed by atoms with Crippen molar-refractivity contribution in [3.8, 4) is 6.01 Å². The Balaban J connectivity index is 1.49. The van der Waals surface area contributed by atoms with Crippen LogP contribution in [0.2, 0.25) is 0 Å². The number of pyridine rings is 1. The summed E-state index contributed by atoms with van der Waals surface area (Å²) in [5.74, 6) is 0. The maximum atomic E-state index is 5.09. The van der Waals surface area contributed by atoms with Gasteiger partial charge in [0.1, 0.15) is 5.65 Å². The predicted molar refractivity (Wildman–Crippen MR) is 92.5 cm³/mol. The van der Waals surface area contributed by atoms with E-state index >= 15 is 0 Å². The lowest BCUT2D eigenvalue weighted by molar-refractivity contribution is 0.287. The van der Waals surface area contributed by atoms with Crippen molar-refractivity contribution in [2.45, 2.75) is 13.0 Å². The number of aromatic amines is 1. The summed E-state index contributed by atoms with van der Waals surface area (Å²) in [4.78, 5) is 18.4. The molecule has 3 aromatic heterocycles. The van der Waals surface area contributed by atoms with E-state index in [2.05, 4.69) is 43.2 Å². The largest absolute Gasteiger partial charge is 0.467 e. The Morgan fingerprint density at radius 3 is 3.04 bits per heavy atom. The molecule has 0 saturated heterocycles. The summed E-state index contributed by atoms with van der Waals surface area (Å²) in [7, 11) is 1.59. The van der Waals surface area contributed by atoms with Crippen LogP contribution in [0, 0.1) is 0 Å². The number of rotatable bonds is 4. The lowest BCUT2D eigenvalue weighted by Crippen LogP contribution is -2.28. The van der Waals surface area contributed by atoms with Gasteiger partial charge in [0.2, 0.25) is 0 Å². The number of nitrogens with zero attached hydrogens (tertiary/aromatic N) is 4. The first-order valence-electron chi connectivity index (χ1n) is 8.03. The maximum Gasteiger partial charge on any atom is 0.316 e. The van der Waals surface area contributed by atoms with Crippen LogP contribution in [0.4, 0.5) is 0 Å². The Bertz CT molecular complexity index is 886. The van der Waals surface area contributed by atoms with Crippen LogP contribution in [0.25, 0.3) is 16.6 Å². The molecule has 0 unspecified atom stereocenters. The van der Waals surface area contributed by atoms with Crippen molar-refractivity contribution in [1.82, 2.24) is 24.8 Å². The highest BCUT2D eigenvalue weighted by Crippen LogP contribution is 2.28. The van der Waals surface area contributed by atoms with Crippen LogP contribution in [0.1, 0.15) is 17.7 Å². The first kappa shape index (κ1) is 14.8. The number of aromatic nitrogens is 4. The minimum absolute atomic E-state index is 0.423. The van der Waals surface area contributed by atoms with Crippen LogP contribution >= 0.6 is 0 Å². The molecule has 1 N–H and O–H groups in total. The molecule has 0 spiro atoms. The van der Waals surface area contributed by atoms with E-state index < -0.39 is 0 Å². The lowest BCUT2D eigenvalue weighted by Gasteiger charge is -2.25. The van der Waals surface area contributed by atoms with Gasteiger partial charge in [0, 0.05) is 49.2 Å². The van der Waals surface area contributed by atoms with Crippen molar-refractivity contribution in [2.75, 3.05) is 20.2 Å². The average Bonchev–Trinajstić information content (AvgIpc) is 3.07. The summed E-state index contributed by atoms with van der Waals surface area (Å²) in [6, 6.07) is 6.46. The van der Waals surface area contributed by atoms with Gasteiger partial charge in [-0.2, -0.15) is 4.98 Å². The molecule has 0 saturated carbocycles. The SMILES string of the molecule is COc1nccc(CN2CC=C(c3c[nH]c4ncccc34)CC2)n1. The zero-order valence-electron chi connectivity index (χ0n) is 13.6. The summed E-state index contributed by atoms with van der Waals surface area (Å²) in [6.45, 7) is 2.72. The number of fused-ring (bicyclic) bond motifs is 1. The molecule has 0 bridgehead atoms. The van der Waals surface area contributed by atoms with Crippen LogP contribution in [0.5, 0.6) is 6.01 Å². The third-order valence-corrected chi connectivity index (χ3v) is 4.35. The van der Waals surface area contributed by atoms with E-state index in [1.165, 1.54) is 16.5 Å². The van der Waals surface area contributed by atoms with E-state index in [9.17, 15) is 0 Å². The molecule has 0 radical (unpaired) electrons. The van der Waals surface area contributed by atoms with Gasteiger partial charge in [0.25, 0.3) is 0 Å². The van der Waals surface area contributed by atoms with Crippen molar-refractivity contribution in [3.63, 3.8) is 0 Å². The number of hydrogen-bond acceptors (Lipinski definition) is 5. The van der Waals surface area contributed by atoms with Crippen molar-refractivity contribution < 1.29 is 4.74 Å². The third kappa shape index (κ3) is 2.88. The number of methoxy groups -OCH3 is 1. The second-order valence-electron chi connectivity index (χ2n) is 5.85. The summed E-state index contributed by atoms with van der Waals surface area (Å²) >= 11 is 0. The van der Waals surface area contributed by atoms with Crippen molar-refractivity contribution in [1.29, 1.82) is 0 Å². The van der Waals surface area contributed by atoms with Gasteiger partial charge >= 0.3 is 6.01 Å². The molecule has 6 nitrogen and oxygen atoms in total. The highest BCUT2D eigenvalue weighted by Gasteiger charge is 2.16. The van der Waals surface area contributed by atoms with Gasteiger partial charge in [-0.05, 0) is 30.2 Å². The fraction of sp³-hybridized carbons (Fsp3) is 0.278. The molecule has 0 fully saturated rings. The summed E-state index contributed by atoms with van der Waals surface area (Å²) in [5, 5.41) is 1.19. The van der Waals surface area contributed by atoms with Gasteiger partial charge in [-0.3, -0.25) is 4.90 Å². The molecule has 24 heavy (non-hydrogen) atoms. The van der Waals surface area contributed by atoms with Gasteiger partial charge in [-0.15, -0.1) is 0 Å². The van der Waals surface area contributed by atoms with Crippen LogP contribution in [0.15, 0.2) is 42.9 Å². The molecule has 122 valence electrons. The normalized spacial score (nSPS) is 15.5. The number of nitrogens with one attached hydrogen (secondary N) is 1. The zero-order chi connectivity index (χ0) is 16.4. The number of ether oxygens (including phenoxy) is 1. The van der Waals surface area contributed by atoms with E-state index in [0.717, 1.165) is 37.4 Å². The Kier molecular flexibility index (Phi) is 3.96. The Morgan fingerprint density at radius 2 is 2.21 bits per heavy atom. The van der Waals surface area contributed by atoms with Gasteiger partial charge in [0.15, 0.2) is 0 Å². The molecule has 0 atom stereocenters. The molecule has 0 amide bonds. The average molecular weight is 321 g/mol. The Labute approximate surface area is 140 Å². The van der Waals surface area contributed by atoms with Gasteiger partial charge in [-0.1, -0.05) is 6.08 Å². The Morgan fingerprint density at radius 1 is 1.25 bits per heavy atom. The highest BCUT2D eigenvalue weighted by molar-refractivity contribution is 5.90. The highest BCUT2D eigenvalue weighted by atomic mass is 16.5. The first-order chi connectivity index (χ1) is 11.8. The molecular formula is C18H19N5O. The molecule has 1 aliphatic rings. The quantitative estimate of drug-likeness (QED) is 0.800. The smallest absolute Gasteiger partial charge is 0.316 e. The predicted octanol–water partition coefficient (Wildman–Crippen LogP) is 2.65. The van der Waals surface area contributed by atoms with Crippen LogP contribution < -0.4 is 4.74 Å². The minimum Gasteiger partial charge on any atom is -0.467 e. The molecule has 6 heteroatoms. The van der Waals surface area contributed by atoms with E-state index in [0.29, 0.717) is 6.01 Å². The zero-order valence-corrected chi connectivity index (χ0v) is 13.6. The molecule has 0 aliphatic carbocycles. The van der Waals surface area contributed by atoms with Crippen molar-refractivity contribution in [3.05, 3.63) is 54.1 Å². The van der Waals surface area contributed by atoms with E-state index in [1.807, 2.05) is 18.3 Å². The van der Waals surface area contributed by atoms with E-state index in [4.69, 9.17) is 4.74 Å². The molecule has 4 rings (SSSR count). The first-order valence-corrected chi connectivity index (χ1v) is 8.03. The Hall–Kier alpha value is -2.73.